The van der Waals surface area contributed by atoms with Gasteiger partial charge in [-0.25, -0.2) is 4.79 Å². The summed E-state index contributed by atoms with van der Waals surface area (Å²) >= 11 is 3.26. The van der Waals surface area contributed by atoms with Crippen LogP contribution in [-0.4, -0.2) is 48.8 Å². The van der Waals surface area contributed by atoms with Crippen LogP contribution in [0.2, 0.25) is 0 Å². The number of carboxylic acid groups (broad SMARTS) is 1. The number of hydrogen-bond acceptors (Lipinski definition) is 4. The number of amides is 2. The van der Waals surface area contributed by atoms with Gasteiger partial charge in [-0.2, -0.15) is 0 Å². The number of carbonyl (C=O) groups excluding carboxylic acids is 1. The van der Waals surface area contributed by atoms with Crippen molar-refractivity contribution in [1.29, 1.82) is 0 Å². The molecular weight excluding hydrogens is 404 g/mol. The van der Waals surface area contributed by atoms with E-state index in [-0.39, 0.29) is 25.4 Å². The molecule has 0 aromatic heterocycles. The second-order valence-electron chi connectivity index (χ2n) is 5.42. The molecule has 2 amide bonds. The largest absolute Gasteiger partial charge is 0.497 e. The molecule has 0 heterocycles. The van der Waals surface area contributed by atoms with E-state index >= 15 is 0 Å². The maximum absolute atomic E-state index is 12.9. The standard InChI is InChI=1S/C18H23BrN2O5/c1-5-6-15(20-18(23)24)17(22)21(10-12(2)19)11-13-7-8-14(25-3)9-16(13)26-4/h5,7-9,15,20H,1-2,6,10-11H2,3-4H3,(H,23,24). The van der Waals surface area contributed by atoms with E-state index in [1.54, 1.807) is 25.3 Å². The molecule has 8 heteroatoms. The van der Waals surface area contributed by atoms with Crippen molar-refractivity contribution in [2.45, 2.75) is 19.0 Å². The number of benzene rings is 1. The van der Waals surface area contributed by atoms with Crippen LogP contribution in [0.1, 0.15) is 12.0 Å². The number of hydrogen-bond donors (Lipinski definition) is 2. The molecule has 0 fully saturated rings. The number of methoxy groups -OCH3 is 2. The molecule has 0 saturated carbocycles. The normalized spacial score (nSPS) is 11.2. The monoisotopic (exact) mass is 426 g/mol. The molecule has 1 atom stereocenters. The molecule has 1 aromatic rings. The minimum absolute atomic E-state index is 0.177. The number of ether oxygens (including phenoxy) is 2. The lowest BCUT2D eigenvalue weighted by molar-refractivity contribution is -0.133. The summed E-state index contributed by atoms with van der Waals surface area (Å²) in [5.41, 5.74) is 0.753. The predicted molar refractivity (Wildman–Crippen MR) is 103 cm³/mol. The van der Waals surface area contributed by atoms with Gasteiger partial charge in [-0.05, 0) is 18.6 Å². The Morgan fingerprint density at radius 2 is 2.08 bits per heavy atom. The van der Waals surface area contributed by atoms with Crippen molar-refractivity contribution in [3.8, 4) is 11.5 Å². The molecule has 0 aliphatic heterocycles. The molecule has 1 aromatic carbocycles. The Kier molecular flexibility index (Phi) is 8.71. The quantitative estimate of drug-likeness (QED) is 0.561. The Balaban J connectivity index is 3.13. The predicted octanol–water partition coefficient (Wildman–Crippen LogP) is 3.15. The van der Waals surface area contributed by atoms with Gasteiger partial charge in [-0.15, -0.1) is 6.58 Å². The van der Waals surface area contributed by atoms with Crippen LogP contribution >= 0.6 is 15.9 Å². The molecule has 7 nitrogen and oxygen atoms in total. The Morgan fingerprint density at radius 1 is 1.38 bits per heavy atom. The highest BCUT2D eigenvalue weighted by Crippen LogP contribution is 2.26. The van der Waals surface area contributed by atoms with Crippen molar-refractivity contribution >= 4 is 27.9 Å². The zero-order valence-corrected chi connectivity index (χ0v) is 16.4. The summed E-state index contributed by atoms with van der Waals surface area (Å²) in [5, 5.41) is 11.2. The second-order valence-corrected chi connectivity index (χ2v) is 6.54. The van der Waals surface area contributed by atoms with Crippen molar-refractivity contribution in [2.75, 3.05) is 20.8 Å². The van der Waals surface area contributed by atoms with E-state index in [9.17, 15) is 9.59 Å². The lowest BCUT2D eigenvalue weighted by atomic mass is 10.1. The number of nitrogens with one attached hydrogen (secondary N) is 1. The summed E-state index contributed by atoms with van der Waals surface area (Å²) in [5.74, 6) is 0.810. The Labute approximate surface area is 161 Å². The summed E-state index contributed by atoms with van der Waals surface area (Å²) in [4.78, 5) is 25.3. The maximum Gasteiger partial charge on any atom is 0.405 e. The van der Waals surface area contributed by atoms with Gasteiger partial charge in [0.2, 0.25) is 5.91 Å². The first kappa shape index (κ1) is 21.6. The third kappa shape index (κ3) is 6.44. The van der Waals surface area contributed by atoms with Crippen LogP contribution in [0.25, 0.3) is 0 Å². The number of carbonyl (C=O) groups is 2. The van der Waals surface area contributed by atoms with Gasteiger partial charge in [0.15, 0.2) is 0 Å². The van der Waals surface area contributed by atoms with Crippen molar-refractivity contribution in [3.63, 3.8) is 0 Å². The molecular formula is C18H23BrN2O5. The van der Waals surface area contributed by atoms with E-state index in [1.165, 1.54) is 18.1 Å². The van der Waals surface area contributed by atoms with Crippen LogP contribution in [0, 0.1) is 0 Å². The number of nitrogens with zero attached hydrogens (tertiary/aromatic N) is 1. The smallest absolute Gasteiger partial charge is 0.405 e. The molecule has 0 radical (unpaired) electrons. The van der Waals surface area contributed by atoms with Crippen LogP contribution in [0.5, 0.6) is 11.5 Å². The van der Waals surface area contributed by atoms with Crippen molar-refractivity contribution in [3.05, 3.63) is 47.5 Å². The molecule has 0 spiro atoms. The van der Waals surface area contributed by atoms with Gasteiger partial charge >= 0.3 is 6.09 Å². The molecule has 0 aliphatic carbocycles. The van der Waals surface area contributed by atoms with Gasteiger partial charge in [0.25, 0.3) is 0 Å². The van der Waals surface area contributed by atoms with Crippen molar-refractivity contribution < 1.29 is 24.2 Å². The molecule has 1 unspecified atom stereocenters. The van der Waals surface area contributed by atoms with Crippen molar-refractivity contribution in [1.82, 2.24) is 10.2 Å². The van der Waals surface area contributed by atoms with E-state index in [1.807, 2.05) is 0 Å². The SMILES string of the molecule is C=CCC(NC(=O)O)C(=O)N(CC(=C)Br)Cc1ccc(OC)cc1OC. The van der Waals surface area contributed by atoms with Gasteiger partial charge in [-0.3, -0.25) is 4.79 Å². The van der Waals surface area contributed by atoms with Crippen molar-refractivity contribution in [2.24, 2.45) is 0 Å². The summed E-state index contributed by atoms with van der Waals surface area (Å²) in [7, 11) is 3.08. The zero-order valence-electron chi connectivity index (χ0n) is 14.8. The Morgan fingerprint density at radius 3 is 2.58 bits per heavy atom. The summed E-state index contributed by atoms with van der Waals surface area (Å²) in [6, 6.07) is 4.35. The van der Waals surface area contributed by atoms with E-state index in [2.05, 4.69) is 34.4 Å². The topological polar surface area (TPSA) is 88.1 Å². The average molecular weight is 427 g/mol. The minimum Gasteiger partial charge on any atom is -0.497 e. The van der Waals surface area contributed by atoms with Crippen LogP contribution in [-0.2, 0) is 11.3 Å². The zero-order chi connectivity index (χ0) is 19.7. The number of rotatable bonds is 10. The fourth-order valence-electron chi connectivity index (χ4n) is 2.36. The van der Waals surface area contributed by atoms with Crippen LogP contribution in [0.3, 0.4) is 0 Å². The highest BCUT2D eigenvalue weighted by atomic mass is 79.9. The molecule has 0 saturated heterocycles. The average Bonchev–Trinajstić information content (AvgIpc) is 2.59. The summed E-state index contributed by atoms with van der Waals surface area (Å²) in [6.07, 6.45) is 0.397. The first-order chi connectivity index (χ1) is 12.3. The molecule has 2 N–H and O–H groups in total. The van der Waals surface area contributed by atoms with Gasteiger partial charge in [0.1, 0.15) is 17.5 Å². The van der Waals surface area contributed by atoms with Gasteiger partial charge in [0, 0.05) is 22.7 Å². The first-order valence-electron chi connectivity index (χ1n) is 7.75. The second kappa shape index (κ2) is 10.5. The molecule has 0 bridgehead atoms. The Bertz CT molecular complexity index is 678. The number of halogens is 1. The summed E-state index contributed by atoms with van der Waals surface area (Å²) in [6.45, 7) is 7.77. The van der Waals surface area contributed by atoms with Crippen LogP contribution in [0.15, 0.2) is 41.9 Å². The highest BCUT2D eigenvalue weighted by Gasteiger charge is 2.26. The molecule has 0 aliphatic rings. The maximum atomic E-state index is 12.9. The molecule has 1 rings (SSSR count). The van der Waals surface area contributed by atoms with Crippen LogP contribution < -0.4 is 14.8 Å². The fraction of sp³-hybridized carbons (Fsp3) is 0.333. The third-order valence-electron chi connectivity index (χ3n) is 3.53. The minimum atomic E-state index is -1.27. The van der Waals surface area contributed by atoms with Gasteiger partial charge in [0.05, 0.1) is 20.8 Å². The molecule has 26 heavy (non-hydrogen) atoms. The van der Waals surface area contributed by atoms with E-state index < -0.39 is 12.1 Å². The first-order valence-corrected chi connectivity index (χ1v) is 8.55. The molecule has 142 valence electrons. The Hall–Kier alpha value is -2.48. The van der Waals surface area contributed by atoms with Gasteiger partial charge < -0.3 is 24.8 Å². The highest BCUT2D eigenvalue weighted by molar-refractivity contribution is 9.11. The lowest BCUT2D eigenvalue weighted by Crippen LogP contribution is -2.48. The van der Waals surface area contributed by atoms with Crippen LogP contribution in [0.4, 0.5) is 4.79 Å². The van der Waals surface area contributed by atoms with E-state index in [0.29, 0.717) is 16.0 Å². The summed E-state index contributed by atoms with van der Waals surface area (Å²) < 4.78 is 11.1. The lowest BCUT2D eigenvalue weighted by Gasteiger charge is -2.27. The van der Waals surface area contributed by atoms with E-state index in [4.69, 9.17) is 14.6 Å². The third-order valence-corrected chi connectivity index (χ3v) is 3.78. The van der Waals surface area contributed by atoms with Gasteiger partial charge in [-0.1, -0.05) is 28.6 Å². The van der Waals surface area contributed by atoms with E-state index in [0.717, 1.165) is 5.56 Å². The fourth-order valence-corrected chi connectivity index (χ4v) is 2.67.